The SMILES string of the molecule is CCN1CCC(CNc2nccnc2C#N)CC1. The minimum atomic E-state index is 0.378. The Hall–Kier alpha value is -1.67. The third kappa shape index (κ3) is 3.17. The van der Waals surface area contributed by atoms with Crippen molar-refractivity contribution < 1.29 is 0 Å². The minimum Gasteiger partial charge on any atom is -0.367 e. The molecular weight excluding hydrogens is 226 g/mol. The number of aromatic nitrogens is 2. The number of rotatable bonds is 4. The van der Waals surface area contributed by atoms with Gasteiger partial charge in [0, 0.05) is 18.9 Å². The van der Waals surface area contributed by atoms with E-state index in [4.69, 9.17) is 5.26 Å². The number of nitriles is 1. The second-order valence-electron chi connectivity index (χ2n) is 4.62. The van der Waals surface area contributed by atoms with Gasteiger partial charge in [-0.1, -0.05) is 6.92 Å². The smallest absolute Gasteiger partial charge is 0.182 e. The normalized spacial score (nSPS) is 17.3. The van der Waals surface area contributed by atoms with E-state index in [1.54, 1.807) is 12.4 Å². The molecule has 2 rings (SSSR count). The van der Waals surface area contributed by atoms with Crippen molar-refractivity contribution in [2.75, 3.05) is 31.5 Å². The van der Waals surface area contributed by atoms with Crippen molar-refractivity contribution >= 4 is 5.82 Å². The summed E-state index contributed by atoms with van der Waals surface area (Å²) >= 11 is 0. The van der Waals surface area contributed by atoms with Gasteiger partial charge in [-0.15, -0.1) is 0 Å². The van der Waals surface area contributed by atoms with Crippen molar-refractivity contribution in [3.05, 3.63) is 18.1 Å². The van der Waals surface area contributed by atoms with Gasteiger partial charge in [-0.3, -0.25) is 0 Å². The number of piperidine rings is 1. The standard InChI is InChI=1S/C13H19N5/c1-2-18-7-3-11(4-8-18)10-17-13-12(9-14)15-5-6-16-13/h5-6,11H,2-4,7-8,10H2,1H3,(H,16,17). The number of hydrogen-bond acceptors (Lipinski definition) is 5. The maximum atomic E-state index is 8.92. The monoisotopic (exact) mass is 245 g/mol. The van der Waals surface area contributed by atoms with Gasteiger partial charge in [0.15, 0.2) is 11.5 Å². The van der Waals surface area contributed by atoms with Crippen LogP contribution in [0.1, 0.15) is 25.5 Å². The van der Waals surface area contributed by atoms with Gasteiger partial charge in [0.25, 0.3) is 0 Å². The average Bonchev–Trinajstić information content (AvgIpc) is 2.46. The summed E-state index contributed by atoms with van der Waals surface area (Å²) in [6, 6.07) is 2.06. The van der Waals surface area contributed by atoms with Gasteiger partial charge in [0.2, 0.25) is 0 Å². The van der Waals surface area contributed by atoms with Gasteiger partial charge < -0.3 is 10.2 Å². The van der Waals surface area contributed by atoms with E-state index in [1.165, 1.54) is 25.9 Å². The van der Waals surface area contributed by atoms with Gasteiger partial charge in [-0.2, -0.15) is 5.26 Å². The van der Waals surface area contributed by atoms with E-state index in [1.807, 2.05) is 0 Å². The lowest BCUT2D eigenvalue weighted by Crippen LogP contribution is -2.35. The molecule has 2 heterocycles. The first-order valence-electron chi connectivity index (χ1n) is 6.50. The number of nitrogens with one attached hydrogen (secondary N) is 1. The summed E-state index contributed by atoms with van der Waals surface area (Å²) in [5.41, 5.74) is 0.378. The first-order chi connectivity index (χ1) is 8.83. The van der Waals surface area contributed by atoms with Gasteiger partial charge in [0.05, 0.1) is 0 Å². The summed E-state index contributed by atoms with van der Waals surface area (Å²) in [7, 11) is 0. The van der Waals surface area contributed by atoms with Crippen LogP contribution in [0.25, 0.3) is 0 Å². The van der Waals surface area contributed by atoms with Crippen LogP contribution in [0.2, 0.25) is 0 Å². The van der Waals surface area contributed by atoms with Crippen molar-refractivity contribution in [1.82, 2.24) is 14.9 Å². The maximum absolute atomic E-state index is 8.92. The Morgan fingerprint density at radius 1 is 1.39 bits per heavy atom. The minimum absolute atomic E-state index is 0.378. The molecule has 0 radical (unpaired) electrons. The molecule has 1 aromatic heterocycles. The molecule has 0 bridgehead atoms. The van der Waals surface area contributed by atoms with Gasteiger partial charge >= 0.3 is 0 Å². The van der Waals surface area contributed by atoms with E-state index in [-0.39, 0.29) is 0 Å². The molecule has 0 aliphatic carbocycles. The fourth-order valence-corrected chi connectivity index (χ4v) is 2.30. The van der Waals surface area contributed by atoms with E-state index >= 15 is 0 Å². The molecule has 1 saturated heterocycles. The molecule has 0 unspecified atom stereocenters. The van der Waals surface area contributed by atoms with Gasteiger partial charge in [0.1, 0.15) is 6.07 Å². The number of nitrogens with zero attached hydrogens (tertiary/aromatic N) is 4. The third-order valence-corrected chi connectivity index (χ3v) is 3.52. The van der Waals surface area contributed by atoms with Crippen molar-refractivity contribution in [2.24, 2.45) is 5.92 Å². The number of hydrogen-bond donors (Lipinski definition) is 1. The molecule has 1 aliphatic heterocycles. The zero-order chi connectivity index (χ0) is 12.8. The van der Waals surface area contributed by atoms with Crippen molar-refractivity contribution in [1.29, 1.82) is 5.26 Å². The summed E-state index contributed by atoms with van der Waals surface area (Å²) in [6.45, 7) is 6.58. The van der Waals surface area contributed by atoms with Crippen molar-refractivity contribution in [3.8, 4) is 6.07 Å². The zero-order valence-electron chi connectivity index (χ0n) is 10.8. The van der Waals surface area contributed by atoms with Crippen LogP contribution in [0.4, 0.5) is 5.82 Å². The molecule has 0 atom stereocenters. The lowest BCUT2D eigenvalue weighted by Gasteiger charge is -2.31. The van der Waals surface area contributed by atoms with Crippen LogP contribution in [0.15, 0.2) is 12.4 Å². The highest BCUT2D eigenvalue weighted by Gasteiger charge is 2.18. The average molecular weight is 245 g/mol. The van der Waals surface area contributed by atoms with Crippen LogP contribution in [-0.2, 0) is 0 Å². The van der Waals surface area contributed by atoms with E-state index in [9.17, 15) is 0 Å². The molecule has 5 heteroatoms. The van der Waals surface area contributed by atoms with Crippen LogP contribution < -0.4 is 5.32 Å². The fourth-order valence-electron chi connectivity index (χ4n) is 2.30. The Balaban J connectivity index is 1.84. The molecule has 0 amide bonds. The molecule has 5 nitrogen and oxygen atoms in total. The van der Waals surface area contributed by atoms with Crippen LogP contribution in [-0.4, -0.2) is 41.0 Å². The largest absolute Gasteiger partial charge is 0.367 e. The van der Waals surface area contributed by atoms with E-state index < -0.39 is 0 Å². The Bertz CT molecular complexity index is 418. The lowest BCUT2D eigenvalue weighted by molar-refractivity contribution is 0.198. The van der Waals surface area contributed by atoms with Gasteiger partial charge in [-0.25, -0.2) is 9.97 Å². The molecule has 1 aliphatic rings. The van der Waals surface area contributed by atoms with E-state index in [0.29, 0.717) is 17.4 Å². The topological polar surface area (TPSA) is 64.8 Å². The van der Waals surface area contributed by atoms with E-state index in [2.05, 4.69) is 33.2 Å². The summed E-state index contributed by atoms with van der Waals surface area (Å²) in [4.78, 5) is 10.6. The second-order valence-corrected chi connectivity index (χ2v) is 4.62. The molecule has 0 aromatic carbocycles. The van der Waals surface area contributed by atoms with Crippen LogP contribution in [0, 0.1) is 17.2 Å². The predicted molar refractivity (Wildman–Crippen MR) is 70.1 cm³/mol. The van der Waals surface area contributed by atoms with E-state index in [0.717, 1.165) is 13.1 Å². The molecule has 96 valence electrons. The second kappa shape index (κ2) is 6.31. The molecule has 0 spiro atoms. The van der Waals surface area contributed by atoms with Gasteiger partial charge in [-0.05, 0) is 38.4 Å². The Labute approximate surface area is 108 Å². The summed E-state index contributed by atoms with van der Waals surface area (Å²) in [6.07, 6.45) is 5.58. The molecule has 1 fully saturated rings. The van der Waals surface area contributed by atoms with Crippen molar-refractivity contribution in [3.63, 3.8) is 0 Å². The quantitative estimate of drug-likeness (QED) is 0.870. The molecule has 1 aromatic rings. The highest BCUT2D eigenvalue weighted by Crippen LogP contribution is 2.18. The number of likely N-dealkylation sites (tertiary alicyclic amines) is 1. The molecular formula is C13H19N5. The summed E-state index contributed by atoms with van der Waals surface area (Å²) in [5, 5.41) is 12.2. The highest BCUT2D eigenvalue weighted by atomic mass is 15.1. The first kappa shape index (κ1) is 12.8. The number of anilines is 1. The fraction of sp³-hybridized carbons (Fsp3) is 0.615. The Morgan fingerprint density at radius 3 is 2.78 bits per heavy atom. The Kier molecular flexibility index (Phi) is 4.48. The molecule has 1 N–H and O–H groups in total. The molecule has 18 heavy (non-hydrogen) atoms. The predicted octanol–water partition coefficient (Wildman–Crippen LogP) is 1.49. The Morgan fingerprint density at radius 2 is 2.11 bits per heavy atom. The third-order valence-electron chi connectivity index (χ3n) is 3.52. The summed E-state index contributed by atoms with van der Waals surface area (Å²) in [5.74, 6) is 1.28. The lowest BCUT2D eigenvalue weighted by atomic mass is 9.97. The van der Waals surface area contributed by atoms with Crippen LogP contribution >= 0.6 is 0 Å². The summed E-state index contributed by atoms with van der Waals surface area (Å²) < 4.78 is 0. The zero-order valence-corrected chi connectivity index (χ0v) is 10.8. The molecule has 0 saturated carbocycles. The van der Waals surface area contributed by atoms with Crippen molar-refractivity contribution in [2.45, 2.75) is 19.8 Å². The van der Waals surface area contributed by atoms with Crippen LogP contribution in [0.5, 0.6) is 0 Å². The first-order valence-corrected chi connectivity index (χ1v) is 6.50. The van der Waals surface area contributed by atoms with Crippen LogP contribution in [0.3, 0.4) is 0 Å². The highest BCUT2D eigenvalue weighted by molar-refractivity contribution is 5.46. The maximum Gasteiger partial charge on any atom is 0.182 e.